The van der Waals surface area contributed by atoms with Gasteiger partial charge in [-0.1, -0.05) is 12.1 Å². The summed E-state index contributed by atoms with van der Waals surface area (Å²) in [5.41, 5.74) is -0.227. The van der Waals surface area contributed by atoms with Gasteiger partial charge < -0.3 is 9.29 Å². The fraction of sp³-hybridized carbons (Fsp3) is 0.222. The zero-order valence-electron chi connectivity index (χ0n) is 8.97. The van der Waals surface area contributed by atoms with Crippen LogP contribution in [-0.2, 0) is 14.9 Å². The van der Waals surface area contributed by atoms with Crippen LogP contribution in [-0.4, -0.2) is 25.5 Å². The molecule has 0 fully saturated rings. The van der Waals surface area contributed by atoms with Gasteiger partial charge in [-0.3, -0.25) is 0 Å². The van der Waals surface area contributed by atoms with Gasteiger partial charge in [0.15, 0.2) is 0 Å². The number of rotatable bonds is 3. The Labute approximate surface area is 136 Å². The van der Waals surface area contributed by atoms with E-state index in [4.69, 9.17) is 0 Å². The molecule has 0 aromatic heterocycles. The molecule has 5 nitrogen and oxygen atoms in total. The van der Waals surface area contributed by atoms with Crippen LogP contribution in [0.25, 0.3) is 0 Å². The standard InChI is InChI=1S/C9H10O5S.K/c1-2-14-9(10)7-5-3-4-6-8(7)15(11,12)13;/h3-6H,2H2,1H3,(H,11,12,13);/q;+1/p-1. The number of carbonyl (C=O) groups excluding carboxylic acids is 1. The zero-order chi connectivity index (χ0) is 11.5. The first kappa shape index (κ1) is 16.2. The summed E-state index contributed by atoms with van der Waals surface area (Å²) in [5, 5.41) is 0. The van der Waals surface area contributed by atoms with E-state index in [0.717, 1.165) is 6.07 Å². The molecule has 0 unspecified atom stereocenters. The normalized spacial score (nSPS) is 10.4. The van der Waals surface area contributed by atoms with E-state index in [1.807, 2.05) is 0 Å². The monoisotopic (exact) mass is 268 g/mol. The Morgan fingerprint density at radius 3 is 2.44 bits per heavy atom. The molecule has 0 N–H and O–H groups in total. The molecule has 0 aliphatic heterocycles. The number of hydrogen-bond acceptors (Lipinski definition) is 5. The molecule has 0 aliphatic carbocycles. The molecule has 0 bridgehead atoms. The molecule has 16 heavy (non-hydrogen) atoms. The maximum Gasteiger partial charge on any atom is 1.00 e. The van der Waals surface area contributed by atoms with Gasteiger partial charge in [0.2, 0.25) is 0 Å². The number of benzene rings is 1. The largest absolute Gasteiger partial charge is 1.00 e. The number of ether oxygens (including phenoxy) is 1. The zero-order valence-corrected chi connectivity index (χ0v) is 12.9. The fourth-order valence-electron chi connectivity index (χ4n) is 1.06. The SMILES string of the molecule is CCOC(=O)c1ccccc1S(=O)(=O)[O-].[K+]. The Hall–Kier alpha value is 0.236. The van der Waals surface area contributed by atoms with E-state index in [0.29, 0.717) is 0 Å². The number of carbonyl (C=O) groups is 1. The van der Waals surface area contributed by atoms with E-state index in [2.05, 4.69) is 4.74 Å². The molecule has 0 spiro atoms. The third kappa shape index (κ3) is 4.25. The summed E-state index contributed by atoms with van der Waals surface area (Å²) < 4.78 is 37.0. The van der Waals surface area contributed by atoms with Crippen LogP contribution >= 0.6 is 0 Å². The van der Waals surface area contributed by atoms with E-state index in [1.165, 1.54) is 18.2 Å². The van der Waals surface area contributed by atoms with Gasteiger partial charge in [-0.15, -0.1) is 0 Å². The molecule has 1 aromatic carbocycles. The fourth-order valence-corrected chi connectivity index (χ4v) is 1.73. The summed E-state index contributed by atoms with van der Waals surface area (Å²) in [6.07, 6.45) is 0. The minimum Gasteiger partial charge on any atom is -0.744 e. The Morgan fingerprint density at radius 1 is 1.38 bits per heavy atom. The molecule has 0 aliphatic rings. The Bertz CT molecular complexity index is 469. The average Bonchev–Trinajstić information content (AvgIpc) is 2.17. The predicted molar refractivity (Wildman–Crippen MR) is 50.4 cm³/mol. The quantitative estimate of drug-likeness (QED) is 0.352. The summed E-state index contributed by atoms with van der Waals surface area (Å²) in [7, 11) is -4.65. The molecular formula is C9H9KO5S. The Kier molecular flexibility index (Phi) is 6.95. The average molecular weight is 268 g/mol. The van der Waals surface area contributed by atoms with Gasteiger partial charge in [0, 0.05) is 0 Å². The van der Waals surface area contributed by atoms with Crippen LogP contribution in [0.3, 0.4) is 0 Å². The van der Waals surface area contributed by atoms with Gasteiger partial charge >= 0.3 is 57.4 Å². The second-order valence-corrected chi connectivity index (χ2v) is 4.02. The smallest absolute Gasteiger partial charge is 0.744 e. The van der Waals surface area contributed by atoms with Gasteiger partial charge in [0.25, 0.3) is 0 Å². The molecule has 0 saturated carbocycles. The second kappa shape index (κ2) is 6.85. The van der Waals surface area contributed by atoms with Crippen molar-refractivity contribution in [2.24, 2.45) is 0 Å². The maximum atomic E-state index is 11.3. The molecule has 1 rings (SSSR count). The van der Waals surface area contributed by atoms with Crippen LogP contribution in [0, 0.1) is 0 Å². The first-order chi connectivity index (χ1) is 6.96. The molecule has 0 atom stereocenters. The van der Waals surface area contributed by atoms with Crippen LogP contribution < -0.4 is 51.4 Å². The van der Waals surface area contributed by atoms with E-state index in [-0.39, 0.29) is 63.6 Å². The van der Waals surface area contributed by atoms with E-state index < -0.39 is 21.0 Å². The van der Waals surface area contributed by atoms with Crippen molar-refractivity contribution in [2.75, 3.05) is 6.61 Å². The van der Waals surface area contributed by atoms with Gasteiger partial charge in [-0.25, -0.2) is 13.2 Å². The van der Waals surface area contributed by atoms with Gasteiger partial charge in [-0.2, -0.15) is 0 Å². The molecule has 7 heteroatoms. The van der Waals surface area contributed by atoms with Crippen LogP contribution in [0.15, 0.2) is 29.2 Å². The van der Waals surface area contributed by atoms with Crippen molar-refractivity contribution in [3.63, 3.8) is 0 Å². The van der Waals surface area contributed by atoms with E-state index in [1.54, 1.807) is 6.92 Å². The van der Waals surface area contributed by atoms with Crippen molar-refractivity contribution in [1.29, 1.82) is 0 Å². The van der Waals surface area contributed by atoms with E-state index in [9.17, 15) is 17.8 Å². The van der Waals surface area contributed by atoms with Crippen LogP contribution in [0.5, 0.6) is 0 Å². The second-order valence-electron chi connectivity index (χ2n) is 2.67. The third-order valence-electron chi connectivity index (χ3n) is 1.65. The van der Waals surface area contributed by atoms with Crippen molar-refractivity contribution in [3.8, 4) is 0 Å². The summed E-state index contributed by atoms with van der Waals surface area (Å²) in [4.78, 5) is 10.7. The molecule has 0 saturated heterocycles. The first-order valence-electron chi connectivity index (χ1n) is 4.19. The summed E-state index contributed by atoms with van der Waals surface area (Å²) >= 11 is 0. The summed E-state index contributed by atoms with van der Waals surface area (Å²) in [5.74, 6) is -0.812. The molecule has 82 valence electrons. The number of hydrogen-bond donors (Lipinski definition) is 0. The van der Waals surface area contributed by atoms with Crippen LogP contribution in [0.1, 0.15) is 17.3 Å². The Morgan fingerprint density at radius 2 is 1.94 bits per heavy atom. The van der Waals surface area contributed by atoms with Crippen molar-refractivity contribution in [2.45, 2.75) is 11.8 Å². The molecular weight excluding hydrogens is 259 g/mol. The van der Waals surface area contributed by atoms with Crippen molar-refractivity contribution in [3.05, 3.63) is 29.8 Å². The van der Waals surface area contributed by atoms with Gasteiger partial charge in [0.1, 0.15) is 10.1 Å². The third-order valence-corrected chi connectivity index (χ3v) is 2.55. The number of esters is 1. The van der Waals surface area contributed by atoms with Gasteiger partial charge in [0.05, 0.1) is 17.1 Å². The molecule has 0 radical (unpaired) electrons. The summed E-state index contributed by atoms with van der Waals surface area (Å²) in [6.45, 7) is 1.71. The van der Waals surface area contributed by atoms with Crippen molar-refractivity contribution < 1.29 is 73.9 Å². The first-order valence-corrected chi connectivity index (χ1v) is 5.59. The minimum absolute atomic E-state index is 0. The molecule has 1 aromatic rings. The molecule has 0 heterocycles. The maximum absolute atomic E-state index is 11.3. The van der Waals surface area contributed by atoms with Gasteiger partial charge in [-0.05, 0) is 19.1 Å². The van der Waals surface area contributed by atoms with Crippen LogP contribution in [0.4, 0.5) is 0 Å². The minimum atomic E-state index is -4.65. The van der Waals surface area contributed by atoms with Crippen molar-refractivity contribution in [1.82, 2.24) is 0 Å². The van der Waals surface area contributed by atoms with Crippen molar-refractivity contribution >= 4 is 16.1 Å². The topological polar surface area (TPSA) is 83.5 Å². The van der Waals surface area contributed by atoms with E-state index >= 15 is 0 Å². The predicted octanol–water partition coefficient (Wildman–Crippen LogP) is -2.23. The Balaban J connectivity index is 0.00000225. The molecule has 0 amide bonds. The van der Waals surface area contributed by atoms with Crippen LogP contribution in [0.2, 0.25) is 0 Å². The summed E-state index contributed by atoms with van der Waals surface area (Å²) in [6, 6.07) is 5.14.